The lowest BCUT2D eigenvalue weighted by molar-refractivity contribution is -0.832. The topological polar surface area (TPSA) is 221 Å². The van der Waals surface area contributed by atoms with Gasteiger partial charge in [-0.25, -0.2) is 22.8 Å². The van der Waals surface area contributed by atoms with Gasteiger partial charge < -0.3 is 20.2 Å². The minimum absolute atomic E-state index is 0.137. The van der Waals surface area contributed by atoms with Gasteiger partial charge in [0.25, 0.3) is 15.5 Å². The number of aromatic nitrogens is 4. The first-order chi connectivity index (χ1) is 24.5. The number of hydrogen-bond acceptors (Lipinski definition) is 14. The number of ether oxygens (including phenoxy) is 1. The van der Waals surface area contributed by atoms with Gasteiger partial charge in [-0.3, -0.25) is 19.5 Å². The molecule has 0 atom stereocenters. The number of anilines is 2. The number of carbonyl (C=O) groups excluding carboxylic acids is 1. The number of thioether (sulfide) groups is 1. The van der Waals surface area contributed by atoms with Gasteiger partial charge in [-0.15, -0.1) is 0 Å². The second-order valence-electron chi connectivity index (χ2n) is 10.9. The maximum absolute atomic E-state index is 13.6. The summed E-state index contributed by atoms with van der Waals surface area (Å²) in [7, 11) is -4.31. The van der Waals surface area contributed by atoms with Crippen molar-refractivity contribution < 1.29 is 36.8 Å². The Kier molecular flexibility index (Phi) is 10.1. The SMILES string of the molecule is N#Cc1c(-c2ccccc2)nc(SCC(=O)Nc2ccc(F)cc2[N+](=O)[O-])nc1N1CCC(Oc2no[n+]([O-])c2S(=O)(=O)c2ccccc2)CC1. The molecule has 1 fully saturated rings. The summed E-state index contributed by atoms with van der Waals surface area (Å²) in [6.07, 6.45) is 0.0472. The minimum Gasteiger partial charge on any atom is -0.451 e. The molecule has 0 bridgehead atoms. The molecule has 0 aliphatic carbocycles. The number of nitrogens with one attached hydrogen (secondary N) is 1. The van der Waals surface area contributed by atoms with Crippen molar-refractivity contribution in [3.63, 3.8) is 0 Å². The van der Waals surface area contributed by atoms with Gasteiger partial charge in [0, 0.05) is 31.5 Å². The molecule has 3 aromatic carbocycles. The van der Waals surface area contributed by atoms with Crippen LogP contribution >= 0.6 is 11.8 Å². The smallest absolute Gasteiger partial charge is 0.415 e. The van der Waals surface area contributed by atoms with Gasteiger partial charge in [0.1, 0.15) is 29.2 Å². The van der Waals surface area contributed by atoms with Gasteiger partial charge in [-0.2, -0.15) is 5.26 Å². The standard InChI is InChI=1S/C32H25FN8O8S2/c33-21-11-12-25(26(17-21)40(43)44)35-27(42)19-50-32-36-28(20-7-3-1-4-8-20)24(18-34)29(37-32)39-15-13-22(14-16-39)48-30-31(41(45)49-38-30)51(46,47)23-9-5-2-6-10-23/h1-12,17,22H,13-16,19H2,(H,35,42). The summed E-state index contributed by atoms with van der Waals surface area (Å²) in [5, 5.41) is 39.3. The Morgan fingerprint density at radius 2 is 1.80 bits per heavy atom. The lowest BCUT2D eigenvalue weighted by atomic mass is 10.0. The maximum Gasteiger partial charge on any atom is 0.415 e. The molecule has 260 valence electrons. The summed E-state index contributed by atoms with van der Waals surface area (Å²) < 4.78 is 50.4. The summed E-state index contributed by atoms with van der Waals surface area (Å²) in [6, 6.07) is 21.2. The van der Waals surface area contributed by atoms with Gasteiger partial charge >= 0.3 is 10.9 Å². The molecule has 16 nitrogen and oxygen atoms in total. The molecule has 1 N–H and O–H groups in total. The van der Waals surface area contributed by atoms with E-state index in [9.17, 15) is 38.2 Å². The molecule has 51 heavy (non-hydrogen) atoms. The van der Waals surface area contributed by atoms with Crippen LogP contribution in [0.3, 0.4) is 0 Å². The van der Waals surface area contributed by atoms with Crippen LogP contribution in [0, 0.1) is 32.5 Å². The Labute approximate surface area is 293 Å². The van der Waals surface area contributed by atoms with Crippen LogP contribution < -0.4 is 19.9 Å². The van der Waals surface area contributed by atoms with E-state index in [2.05, 4.69) is 31.1 Å². The molecule has 0 spiro atoms. The number of nitrogens with zero attached hydrogens (tertiary/aromatic N) is 7. The van der Waals surface area contributed by atoms with Crippen molar-refractivity contribution in [3.05, 3.63) is 106 Å². The lowest BCUT2D eigenvalue weighted by Crippen LogP contribution is -2.39. The Morgan fingerprint density at radius 3 is 2.47 bits per heavy atom. The number of amides is 1. The monoisotopic (exact) mass is 732 g/mol. The fourth-order valence-corrected chi connectivity index (χ4v) is 7.20. The van der Waals surface area contributed by atoms with E-state index >= 15 is 0 Å². The summed E-state index contributed by atoms with van der Waals surface area (Å²) in [5.41, 5.74) is 0.333. The highest BCUT2D eigenvalue weighted by Gasteiger charge is 2.38. The van der Waals surface area contributed by atoms with E-state index in [0.29, 0.717) is 43.3 Å². The summed E-state index contributed by atoms with van der Waals surface area (Å²) >= 11 is 0.932. The summed E-state index contributed by atoms with van der Waals surface area (Å²) in [5.74, 6) is -1.92. The van der Waals surface area contributed by atoms with Crippen LogP contribution in [0.25, 0.3) is 11.3 Å². The largest absolute Gasteiger partial charge is 0.451 e. The minimum atomic E-state index is -4.31. The molecule has 0 radical (unpaired) electrons. The average molecular weight is 733 g/mol. The number of piperidine rings is 1. The number of halogens is 1. The van der Waals surface area contributed by atoms with Crippen LogP contribution in [0.2, 0.25) is 0 Å². The third kappa shape index (κ3) is 7.56. The molecule has 1 amide bonds. The molecular formula is C32H25FN8O8S2. The number of sulfone groups is 1. The van der Waals surface area contributed by atoms with Crippen LogP contribution in [0.1, 0.15) is 18.4 Å². The zero-order chi connectivity index (χ0) is 36.1. The molecule has 19 heteroatoms. The molecule has 1 saturated heterocycles. The van der Waals surface area contributed by atoms with Crippen LogP contribution in [0.5, 0.6) is 5.88 Å². The fraction of sp³-hybridized carbons (Fsp3) is 0.188. The predicted octanol–water partition coefficient (Wildman–Crippen LogP) is 4.30. The number of carbonyl (C=O) groups is 1. The average Bonchev–Trinajstić information content (AvgIpc) is 3.52. The zero-order valence-corrected chi connectivity index (χ0v) is 27.8. The van der Waals surface area contributed by atoms with Gasteiger partial charge in [0.2, 0.25) is 5.91 Å². The molecule has 0 saturated carbocycles. The van der Waals surface area contributed by atoms with Gasteiger partial charge in [-0.1, -0.05) is 60.3 Å². The number of nitro benzene ring substituents is 1. The molecule has 5 aromatic rings. The van der Waals surface area contributed by atoms with Crippen molar-refractivity contribution in [2.24, 2.45) is 0 Å². The molecule has 3 heterocycles. The van der Waals surface area contributed by atoms with E-state index in [4.69, 9.17) is 4.74 Å². The quantitative estimate of drug-likeness (QED) is 0.0658. The van der Waals surface area contributed by atoms with E-state index in [1.165, 1.54) is 24.3 Å². The highest BCUT2D eigenvalue weighted by atomic mass is 32.2. The van der Waals surface area contributed by atoms with E-state index < -0.39 is 49.2 Å². The third-order valence-electron chi connectivity index (χ3n) is 7.67. The van der Waals surface area contributed by atoms with E-state index in [0.717, 1.165) is 23.9 Å². The Hall–Kier alpha value is -6.13. The van der Waals surface area contributed by atoms with E-state index in [1.54, 1.807) is 36.4 Å². The molecule has 1 aliphatic rings. The molecule has 6 rings (SSSR count). The fourth-order valence-electron chi connectivity index (χ4n) is 5.28. The highest BCUT2D eigenvalue weighted by molar-refractivity contribution is 7.99. The number of nitriles is 1. The van der Waals surface area contributed by atoms with Crippen LogP contribution in [-0.4, -0.2) is 59.3 Å². The normalized spacial score (nSPS) is 13.4. The first kappa shape index (κ1) is 34.7. The maximum atomic E-state index is 13.6. The Morgan fingerprint density at radius 1 is 1.12 bits per heavy atom. The number of rotatable bonds is 11. The van der Waals surface area contributed by atoms with E-state index in [-0.39, 0.29) is 37.8 Å². The van der Waals surface area contributed by atoms with Gasteiger partial charge in [-0.05, 0) is 29.2 Å². The summed E-state index contributed by atoms with van der Waals surface area (Å²) in [6.45, 7) is 0.582. The highest BCUT2D eigenvalue weighted by Crippen LogP contribution is 2.34. The second-order valence-corrected chi connectivity index (χ2v) is 13.8. The second kappa shape index (κ2) is 14.8. The van der Waals surface area contributed by atoms with Crippen molar-refractivity contribution in [2.45, 2.75) is 34.0 Å². The van der Waals surface area contributed by atoms with Crippen molar-refractivity contribution in [3.8, 4) is 23.2 Å². The van der Waals surface area contributed by atoms with Crippen molar-refractivity contribution >= 4 is 44.7 Å². The van der Waals surface area contributed by atoms with Gasteiger partial charge in [0.15, 0.2) is 11.0 Å². The van der Waals surface area contributed by atoms with Crippen molar-refractivity contribution in [1.29, 1.82) is 5.26 Å². The number of nitro groups is 1. The Bertz CT molecular complexity index is 2240. The first-order valence-corrected chi connectivity index (χ1v) is 17.6. The first-order valence-electron chi connectivity index (χ1n) is 15.1. The van der Waals surface area contributed by atoms with Crippen LogP contribution in [0.4, 0.5) is 21.6 Å². The summed E-state index contributed by atoms with van der Waals surface area (Å²) in [4.78, 5) is 34.0. The predicted molar refractivity (Wildman–Crippen MR) is 178 cm³/mol. The zero-order valence-electron chi connectivity index (χ0n) is 26.2. The van der Waals surface area contributed by atoms with Gasteiger partial charge in [0.05, 0.1) is 32.5 Å². The molecule has 0 unspecified atom stereocenters. The Balaban J connectivity index is 1.21. The molecule has 2 aromatic heterocycles. The molecule has 1 aliphatic heterocycles. The number of hydrogen-bond donors (Lipinski definition) is 1. The van der Waals surface area contributed by atoms with Crippen LogP contribution in [0.15, 0.2) is 98.6 Å². The van der Waals surface area contributed by atoms with E-state index in [1.807, 2.05) is 4.90 Å². The third-order valence-corrected chi connectivity index (χ3v) is 10.2. The lowest BCUT2D eigenvalue weighted by Gasteiger charge is -2.32. The van der Waals surface area contributed by atoms with Crippen molar-refractivity contribution in [1.82, 2.24) is 15.1 Å². The molecular weight excluding hydrogens is 708 g/mol. The number of benzene rings is 3. The van der Waals surface area contributed by atoms with Crippen molar-refractivity contribution in [2.75, 3.05) is 29.1 Å². The van der Waals surface area contributed by atoms with Crippen LogP contribution in [-0.2, 0) is 14.6 Å².